The van der Waals surface area contributed by atoms with Crippen LogP contribution >= 0.6 is 0 Å². The van der Waals surface area contributed by atoms with Crippen molar-refractivity contribution < 1.29 is 22.8 Å². The molecular formula is C12H19F3N2O2. The summed E-state index contributed by atoms with van der Waals surface area (Å²) in [4.78, 5) is 24.9. The molecule has 0 radical (unpaired) electrons. The smallest absolute Gasteiger partial charge is 0.347 e. The molecule has 1 fully saturated rings. The first-order chi connectivity index (χ1) is 8.70. The molecule has 0 spiro atoms. The summed E-state index contributed by atoms with van der Waals surface area (Å²) in [5.41, 5.74) is 0. The molecule has 0 unspecified atom stereocenters. The van der Waals surface area contributed by atoms with Gasteiger partial charge in [0.25, 0.3) is 0 Å². The molecular weight excluding hydrogens is 261 g/mol. The van der Waals surface area contributed by atoms with Gasteiger partial charge in [-0.1, -0.05) is 13.8 Å². The number of piperidine rings is 1. The van der Waals surface area contributed by atoms with Crippen LogP contribution < -0.4 is 5.32 Å². The van der Waals surface area contributed by atoms with E-state index in [-0.39, 0.29) is 11.8 Å². The van der Waals surface area contributed by atoms with Crippen molar-refractivity contribution in [2.24, 2.45) is 11.8 Å². The minimum atomic E-state index is -4.38. The highest BCUT2D eigenvalue weighted by molar-refractivity contribution is 5.80. The van der Waals surface area contributed by atoms with E-state index in [0.717, 1.165) is 0 Å². The zero-order valence-corrected chi connectivity index (χ0v) is 11.1. The van der Waals surface area contributed by atoms with Gasteiger partial charge in [-0.25, -0.2) is 0 Å². The van der Waals surface area contributed by atoms with Crippen molar-refractivity contribution in [2.45, 2.75) is 32.9 Å². The maximum absolute atomic E-state index is 12.0. The van der Waals surface area contributed by atoms with Crippen molar-refractivity contribution >= 4 is 11.8 Å². The molecule has 0 aliphatic carbocycles. The largest absolute Gasteiger partial charge is 0.405 e. The van der Waals surface area contributed by atoms with Gasteiger partial charge in [0, 0.05) is 24.9 Å². The van der Waals surface area contributed by atoms with Crippen molar-refractivity contribution in [3.63, 3.8) is 0 Å². The molecule has 4 nitrogen and oxygen atoms in total. The lowest BCUT2D eigenvalue weighted by Crippen LogP contribution is -2.45. The second-order valence-electron chi connectivity index (χ2n) is 5.09. The Morgan fingerprint density at radius 1 is 1.26 bits per heavy atom. The zero-order chi connectivity index (χ0) is 14.6. The number of alkyl halides is 3. The van der Waals surface area contributed by atoms with Gasteiger partial charge in [0.05, 0.1) is 0 Å². The van der Waals surface area contributed by atoms with Crippen molar-refractivity contribution in [3.05, 3.63) is 0 Å². The van der Waals surface area contributed by atoms with Crippen LogP contribution in [0.5, 0.6) is 0 Å². The lowest BCUT2D eigenvalue weighted by molar-refractivity contribution is -0.143. The minimum absolute atomic E-state index is 0.0224. The number of amides is 2. The van der Waals surface area contributed by atoms with Crippen molar-refractivity contribution in [2.75, 3.05) is 19.6 Å². The quantitative estimate of drug-likeness (QED) is 0.853. The van der Waals surface area contributed by atoms with Gasteiger partial charge in [-0.05, 0) is 12.8 Å². The van der Waals surface area contributed by atoms with E-state index in [2.05, 4.69) is 0 Å². The molecule has 0 aromatic heterocycles. The van der Waals surface area contributed by atoms with Gasteiger partial charge in [-0.15, -0.1) is 0 Å². The number of nitrogens with one attached hydrogen (secondary N) is 1. The molecule has 0 aromatic carbocycles. The summed E-state index contributed by atoms with van der Waals surface area (Å²) < 4.78 is 35.9. The van der Waals surface area contributed by atoms with E-state index in [1.807, 2.05) is 5.32 Å². The van der Waals surface area contributed by atoms with E-state index in [4.69, 9.17) is 0 Å². The fourth-order valence-electron chi connectivity index (χ4n) is 2.06. The standard InChI is InChI=1S/C12H19F3N2O2/c1-8(2)11(19)17-5-3-9(4-6-17)10(18)16-7-12(13,14)15/h8-9H,3-7H2,1-2H3,(H,16,18). The average Bonchev–Trinajstić information content (AvgIpc) is 2.34. The van der Waals surface area contributed by atoms with E-state index < -0.39 is 24.5 Å². The Kier molecular flexibility index (Phi) is 5.20. The Bertz CT molecular complexity index is 334. The van der Waals surface area contributed by atoms with Crippen LogP contribution in [0.4, 0.5) is 13.2 Å². The number of carbonyl (C=O) groups is 2. The Morgan fingerprint density at radius 2 is 1.79 bits per heavy atom. The molecule has 0 saturated carbocycles. The van der Waals surface area contributed by atoms with Crippen molar-refractivity contribution in [3.8, 4) is 0 Å². The highest BCUT2D eigenvalue weighted by atomic mass is 19.4. The summed E-state index contributed by atoms with van der Waals surface area (Å²) in [5.74, 6) is -1.09. The van der Waals surface area contributed by atoms with Crippen LogP contribution in [0.2, 0.25) is 0 Å². The Morgan fingerprint density at radius 3 is 2.21 bits per heavy atom. The van der Waals surface area contributed by atoms with Crippen molar-refractivity contribution in [1.29, 1.82) is 0 Å². The summed E-state index contributed by atoms with van der Waals surface area (Å²) in [6.45, 7) is 3.16. The molecule has 1 aliphatic rings. The Hall–Kier alpha value is -1.27. The van der Waals surface area contributed by atoms with Crippen LogP contribution in [0.25, 0.3) is 0 Å². The van der Waals surface area contributed by atoms with Gasteiger partial charge in [-0.2, -0.15) is 13.2 Å². The lowest BCUT2D eigenvalue weighted by Gasteiger charge is -2.32. The van der Waals surface area contributed by atoms with E-state index in [0.29, 0.717) is 25.9 Å². The maximum atomic E-state index is 12.0. The minimum Gasteiger partial charge on any atom is -0.347 e. The van der Waals surface area contributed by atoms with E-state index in [1.54, 1.807) is 18.7 Å². The van der Waals surface area contributed by atoms with Crippen LogP contribution in [-0.4, -0.2) is 42.5 Å². The third-order valence-corrected chi connectivity index (χ3v) is 3.13. The third-order valence-electron chi connectivity index (χ3n) is 3.13. The zero-order valence-electron chi connectivity index (χ0n) is 11.1. The Labute approximate surface area is 110 Å². The third kappa shape index (κ3) is 5.08. The second kappa shape index (κ2) is 6.25. The fraction of sp³-hybridized carbons (Fsp3) is 0.833. The van der Waals surface area contributed by atoms with Crippen LogP contribution in [0, 0.1) is 11.8 Å². The summed E-state index contributed by atoms with van der Waals surface area (Å²) in [7, 11) is 0. The van der Waals surface area contributed by atoms with Gasteiger partial charge < -0.3 is 10.2 Å². The monoisotopic (exact) mass is 280 g/mol. The molecule has 19 heavy (non-hydrogen) atoms. The number of carbonyl (C=O) groups excluding carboxylic acids is 2. The maximum Gasteiger partial charge on any atom is 0.405 e. The molecule has 0 atom stereocenters. The number of likely N-dealkylation sites (tertiary alicyclic amines) is 1. The highest BCUT2D eigenvalue weighted by Crippen LogP contribution is 2.20. The van der Waals surface area contributed by atoms with Gasteiger partial charge >= 0.3 is 6.18 Å². The molecule has 1 N–H and O–H groups in total. The number of rotatable bonds is 3. The van der Waals surface area contributed by atoms with Gasteiger partial charge in [0.1, 0.15) is 6.54 Å². The van der Waals surface area contributed by atoms with E-state index >= 15 is 0 Å². The predicted molar refractivity (Wildman–Crippen MR) is 63.2 cm³/mol. The van der Waals surface area contributed by atoms with Gasteiger partial charge in [0.15, 0.2) is 0 Å². The second-order valence-corrected chi connectivity index (χ2v) is 5.09. The van der Waals surface area contributed by atoms with Gasteiger partial charge in [-0.3, -0.25) is 9.59 Å². The summed E-state index contributed by atoms with van der Waals surface area (Å²) >= 11 is 0. The van der Waals surface area contributed by atoms with Crippen LogP contribution in [-0.2, 0) is 9.59 Å². The molecule has 1 rings (SSSR count). The normalized spacial score (nSPS) is 17.7. The number of hydrogen-bond acceptors (Lipinski definition) is 2. The summed E-state index contributed by atoms with van der Waals surface area (Å²) in [6, 6.07) is 0. The lowest BCUT2D eigenvalue weighted by atomic mass is 9.95. The number of nitrogens with zero attached hydrogens (tertiary/aromatic N) is 1. The first-order valence-electron chi connectivity index (χ1n) is 6.34. The molecule has 7 heteroatoms. The highest BCUT2D eigenvalue weighted by Gasteiger charge is 2.32. The van der Waals surface area contributed by atoms with E-state index in [1.165, 1.54) is 0 Å². The molecule has 1 saturated heterocycles. The fourth-order valence-corrected chi connectivity index (χ4v) is 2.06. The molecule has 1 aliphatic heterocycles. The number of halogens is 3. The molecule has 2 amide bonds. The molecule has 110 valence electrons. The predicted octanol–water partition coefficient (Wildman–Crippen LogP) is 1.56. The summed E-state index contributed by atoms with van der Waals surface area (Å²) in [6.07, 6.45) is -3.55. The SMILES string of the molecule is CC(C)C(=O)N1CCC(C(=O)NCC(F)(F)F)CC1. The van der Waals surface area contributed by atoms with Gasteiger partial charge in [0.2, 0.25) is 11.8 Å². The molecule has 1 heterocycles. The molecule has 0 bridgehead atoms. The summed E-state index contributed by atoms with van der Waals surface area (Å²) in [5, 5.41) is 1.89. The van der Waals surface area contributed by atoms with Crippen LogP contribution in [0.1, 0.15) is 26.7 Å². The van der Waals surface area contributed by atoms with Crippen LogP contribution in [0.3, 0.4) is 0 Å². The Balaban J connectivity index is 2.37. The molecule has 0 aromatic rings. The van der Waals surface area contributed by atoms with E-state index in [9.17, 15) is 22.8 Å². The first kappa shape index (κ1) is 15.8. The average molecular weight is 280 g/mol. The van der Waals surface area contributed by atoms with Crippen LogP contribution in [0.15, 0.2) is 0 Å². The first-order valence-corrected chi connectivity index (χ1v) is 6.34. The topological polar surface area (TPSA) is 49.4 Å². The number of hydrogen-bond donors (Lipinski definition) is 1. The van der Waals surface area contributed by atoms with Crippen molar-refractivity contribution in [1.82, 2.24) is 10.2 Å².